The Kier molecular flexibility index (Phi) is 7.59. The van der Waals surface area contributed by atoms with E-state index in [2.05, 4.69) is 11.9 Å². The van der Waals surface area contributed by atoms with E-state index in [4.69, 9.17) is 9.84 Å². The lowest BCUT2D eigenvalue weighted by atomic mass is 10.0. The fraction of sp³-hybridized carbons (Fsp3) is 0.667. The average molecular weight is 312 g/mol. The number of nitrogens with one attached hydrogen (secondary N) is 1. The molecule has 0 aromatic heterocycles. The Morgan fingerprint density at radius 2 is 2.18 bits per heavy atom. The fourth-order valence-corrected chi connectivity index (χ4v) is 2.42. The number of aliphatic carboxylic acids is 1. The van der Waals surface area contributed by atoms with Crippen LogP contribution < -0.4 is 5.32 Å². The molecular formula is C15H24N2O5. The van der Waals surface area contributed by atoms with Crippen molar-refractivity contribution in [2.45, 2.75) is 44.7 Å². The Bertz CT molecular complexity index is 424. The minimum atomic E-state index is -1.17. The highest BCUT2D eigenvalue weighted by molar-refractivity contribution is 5.90. The van der Waals surface area contributed by atoms with Gasteiger partial charge < -0.3 is 20.1 Å². The first-order valence-electron chi connectivity index (χ1n) is 7.52. The summed E-state index contributed by atoms with van der Waals surface area (Å²) in [6.07, 6.45) is 4.09. The molecule has 2 unspecified atom stereocenters. The third-order valence-corrected chi connectivity index (χ3v) is 3.56. The zero-order valence-corrected chi connectivity index (χ0v) is 12.9. The maximum atomic E-state index is 12.3. The largest absolute Gasteiger partial charge is 0.480 e. The van der Waals surface area contributed by atoms with Gasteiger partial charge in [0, 0.05) is 13.0 Å². The van der Waals surface area contributed by atoms with Crippen LogP contribution >= 0.6 is 0 Å². The molecule has 2 atom stereocenters. The minimum absolute atomic E-state index is 0.0883. The molecule has 1 aliphatic heterocycles. The highest BCUT2D eigenvalue weighted by Crippen LogP contribution is 2.18. The van der Waals surface area contributed by atoms with Gasteiger partial charge in [-0.05, 0) is 19.3 Å². The lowest BCUT2D eigenvalue weighted by Gasteiger charge is -2.35. The topological polar surface area (TPSA) is 95.9 Å². The quantitative estimate of drug-likeness (QED) is 0.504. The van der Waals surface area contributed by atoms with Gasteiger partial charge >= 0.3 is 5.97 Å². The molecule has 2 N–H and O–H groups in total. The molecule has 1 fully saturated rings. The fourth-order valence-electron chi connectivity index (χ4n) is 2.42. The van der Waals surface area contributed by atoms with Crippen molar-refractivity contribution < 1.29 is 24.2 Å². The van der Waals surface area contributed by atoms with Crippen LogP contribution in [0.25, 0.3) is 0 Å². The summed E-state index contributed by atoms with van der Waals surface area (Å²) in [5.74, 6) is -1.69. The van der Waals surface area contributed by atoms with Gasteiger partial charge in [-0.25, -0.2) is 4.79 Å². The summed E-state index contributed by atoms with van der Waals surface area (Å²) < 4.78 is 5.10. The van der Waals surface area contributed by atoms with Crippen molar-refractivity contribution in [2.24, 2.45) is 0 Å². The first-order chi connectivity index (χ1) is 10.5. The highest BCUT2D eigenvalue weighted by atomic mass is 16.5. The molecule has 0 aromatic rings. The van der Waals surface area contributed by atoms with E-state index in [-0.39, 0.29) is 19.1 Å². The summed E-state index contributed by atoms with van der Waals surface area (Å²) in [5, 5.41) is 11.6. The third-order valence-electron chi connectivity index (χ3n) is 3.56. The van der Waals surface area contributed by atoms with Crippen LogP contribution in [0.2, 0.25) is 0 Å². The lowest BCUT2D eigenvalue weighted by Crippen LogP contribution is -2.55. The van der Waals surface area contributed by atoms with Gasteiger partial charge in [-0.1, -0.05) is 13.0 Å². The summed E-state index contributed by atoms with van der Waals surface area (Å²) in [7, 11) is 0. The standard InChI is InChI=1S/C15H24N2O5/c1-3-9-22-10-11(15(20)21)16-14(19)12-7-5-6-8-17(12)13(18)4-2/h3,11-12H,1,4-10H2,2H3,(H,16,19)(H,20,21). The second-order valence-electron chi connectivity index (χ2n) is 5.18. The van der Waals surface area contributed by atoms with E-state index >= 15 is 0 Å². The molecule has 7 nitrogen and oxygen atoms in total. The summed E-state index contributed by atoms with van der Waals surface area (Å²) in [6, 6.07) is -1.73. The first kappa shape index (κ1) is 18.2. The maximum Gasteiger partial charge on any atom is 0.328 e. The van der Waals surface area contributed by atoms with Gasteiger partial charge in [0.2, 0.25) is 11.8 Å². The molecule has 0 aliphatic carbocycles. The van der Waals surface area contributed by atoms with Crippen LogP contribution in [0.1, 0.15) is 32.6 Å². The number of amides is 2. The maximum absolute atomic E-state index is 12.3. The molecule has 0 aromatic carbocycles. The van der Waals surface area contributed by atoms with Crippen LogP contribution in [-0.4, -0.2) is 59.6 Å². The Morgan fingerprint density at radius 3 is 2.77 bits per heavy atom. The van der Waals surface area contributed by atoms with E-state index in [0.29, 0.717) is 19.4 Å². The molecule has 1 saturated heterocycles. The smallest absolute Gasteiger partial charge is 0.328 e. The molecular weight excluding hydrogens is 288 g/mol. The number of carbonyl (C=O) groups is 3. The second kappa shape index (κ2) is 9.19. The second-order valence-corrected chi connectivity index (χ2v) is 5.18. The molecule has 0 spiro atoms. The molecule has 124 valence electrons. The average Bonchev–Trinajstić information content (AvgIpc) is 2.53. The third kappa shape index (κ3) is 5.14. The van der Waals surface area contributed by atoms with E-state index in [9.17, 15) is 14.4 Å². The van der Waals surface area contributed by atoms with Gasteiger partial charge in [0.1, 0.15) is 6.04 Å². The summed E-state index contributed by atoms with van der Waals surface area (Å²) >= 11 is 0. The Balaban J connectivity index is 2.67. The summed E-state index contributed by atoms with van der Waals surface area (Å²) in [4.78, 5) is 37.0. The Labute approximate surface area is 130 Å². The number of nitrogens with zero attached hydrogens (tertiary/aromatic N) is 1. The predicted octanol–water partition coefficient (Wildman–Crippen LogP) is 0.549. The number of piperidine rings is 1. The molecule has 0 bridgehead atoms. The zero-order chi connectivity index (χ0) is 16.5. The van der Waals surface area contributed by atoms with E-state index in [0.717, 1.165) is 12.8 Å². The van der Waals surface area contributed by atoms with Crippen molar-refractivity contribution >= 4 is 17.8 Å². The molecule has 0 radical (unpaired) electrons. The van der Waals surface area contributed by atoms with Crippen molar-refractivity contribution in [3.05, 3.63) is 12.7 Å². The molecule has 1 aliphatic rings. The number of hydrogen-bond acceptors (Lipinski definition) is 4. The van der Waals surface area contributed by atoms with E-state index < -0.39 is 24.0 Å². The number of carbonyl (C=O) groups excluding carboxylic acids is 2. The van der Waals surface area contributed by atoms with Crippen molar-refractivity contribution in [1.82, 2.24) is 10.2 Å². The van der Waals surface area contributed by atoms with Gasteiger partial charge in [-0.3, -0.25) is 9.59 Å². The molecule has 7 heteroatoms. The summed E-state index contributed by atoms with van der Waals surface area (Å²) in [5.41, 5.74) is 0. The van der Waals surface area contributed by atoms with Crippen LogP contribution in [0.5, 0.6) is 0 Å². The number of rotatable bonds is 8. The monoisotopic (exact) mass is 312 g/mol. The number of hydrogen-bond donors (Lipinski definition) is 2. The van der Waals surface area contributed by atoms with Crippen LogP contribution in [0.15, 0.2) is 12.7 Å². The number of ether oxygens (including phenoxy) is 1. The van der Waals surface area contributed by atoms with Gasteiger partial charge in [-0.15, -0.1) is 6.58 Å². The van der Waals surface area contributed by atoms with Crippen molar-refractivity contribution in [2.75, 3.05) is 19.8 Å². The van der Waals surface area contributed by atoms with Gasteiger partial charge in [-0.2, -0.15) is 0 Å². The molecule has 2 amide bonds. The predicted molar refractivity (Wildman–Crippen MR) is 80.2 cm³/mol. The Morgan fingerprint density at radius 1 is 1.45 bits per heavy atom. The lowest BCUT2D eigenvalue weighted by molar-refractivity contribution is -0.146. The highest BCUT2D eigenvalue weighted by Gasteiger charge is 2.33. The number of carboxylic acids is 1. The van der Waals surface area contributed by atoms with Gasteiger partial charge in [0.25, 0.3) is 0 Å². The Hall–Kier alpha value is -1.89. The van der Waals surface area contributed by atoms with E-state index in [1.807, 2.05) is 0 Å². The van der Waals surface area contributed by atoms with Gasteiger partial charge in [0.15, 0.2) is 6.04 Å². The van der Waals surface area contributed by atoms with Crippen molar-refractivity contribution in [3.8, 4) is 0 Å². The molecule has 22 heavy (non-hydrogen) atoms. The zero-order valence-electron chi connectivity index (χ0n) is 12.9. The van der Waals surface area contributed by atoms with Crippen LogP contribution in [0.4, 0.5) is 0 Å². The number of carboxylic acid groups (broad SMARTS) is 1. The first-order valence-corrected chi connectivity index (χ1v) is 7.52. The SMILES string of the molecule is C=CCOCC(NC(=O)C1CCCCN1C(=O)CC)C(=O)O. The number of likely N-dealkylation sites (tertiary alicyclic amines) is 1. The van der Waals surface area contributed by atoms with E-state index in [1.165, 1.54) is 6.08 Å². The molecule has 0 saturated carbocycles. The van der Waals surface area contributed by atoms with Crippen molar-refractivity contribution in [3.63, 3.8) is 0 Å². The van der Waals surface area contributed by atoms with Crippen LogP contribution in [-0.2, 0) is 19.1 Å². The van der Waals surface area contributed by atoms with Crippen LogP contribution in [0.3, 0.4) is 0 Å². The van der Waals surface area contributed by atoms with Crippen molar-refractivity contribution in [1.29, 1.82) is 0 Å². The molecule has 1 heterocycles. The molecule has 1 rings (SSSR count). The van der Waals surface area contributed by atoms with Gasteiger partial charge in [0.05, 0.1) is 13.2 Å². The minimum Gasteiger partial charge on any atom is -0.480 e. The normalized spacial score (nSPS) is 19.3. The van der Waals surface area contributed by atoms with E-state index in [1.54, 1.807) is 11.8 Å². The summed E-state index contributed by atoms with van der Waals surface area (Å²) in [6.45, 7) is 5.83. The van der Waals surface area contributed by atoms with Crippen LogP contribution in [0, 0.1) is 0 Å².